The quantitative estimate of drug-likeness (QED) is 0.612. The molecule has 0 unspecified atom stereocenters. The average molecular weight is 313 g/mol. The Bertz CT molecular complexity index is 626. The van der Waals surface area contributed by atoms with E-state index in [4.69, 9.17) is 9.15 Å². The van der Waals surface area contributed by atoms with Gasteiger partial charge in [-0.2, -0.15) is 0 Å². The summed E-state index contributed by atoms with van der Waals surface area (Å²) < 4.78 is 35.8. The van der Waals surface area contributed by atoms with Crippen LogP contribution in [0.25, 0.3) is 11.5 Å². The maximum atomic E-state index is 12.9. The molecule has 0 aliphatic rings. The van der Waals surface area contributed by atoms with E-state index in [2.05, 4.69) is 4.98 Å². The minimum Gasteiger partial charge on any atom is -0.460 e. The van der Waals surface area contributed by atoms with Gasteiger partial charge in [-0.1, -0.05) is 0 Å². The molecule has 1 heterocycles. The molecule has 0 fully saturated rings. The smallest absolute Gasteiger partial charge is 0.376 e. The largest absolute Gasteiger partial charge is 0.460 e. The highest BCUT2D eigenvalue weighted by Gasteiger charge is 2.28. The van der Waals surface area contributed by atoms with E-state index in [1.165, 1.54) is 0 Å². The van der Waals surface area contributed by atoms with Crippen molar-refractivity contribution in [1.29, 1.82) is 0 Å². The van der Waals surface area contributed by atoms with Crippen molar-refractivity contribution in [2.24, 2.45) is 0 Å². The molecule has 0 aliphatic heterocycles. The predicted octanol–water partition coefficient (Wildman–Crippen LogP) is 4.18. The lowest BCUT2D eigenvalue weighted by molar-refractivity contribution is 0.0476. The SMILES string of the molecule is CCOC(=O)c1oc(-c2ccc(SC)cc2)nc1C(F)F. The molecule has 0 N–H and O–H groups in total. The summed E-state index contributed by atoms with van der Waals surface area (Å²) >= 11 is 1.55. The lowest BCUT2D eigenvalue weighted by Crippen LogP contribution is -2.06. The number of esters is 1. The molecule has 0 spiro atoms. The normalized spacial score (nSPS) is 10.9. The summed E-state index contributed by atoms with van der Waals surface area (Å²) in [4.78, 5) is 16.4. The van der Waals surface area contributed by atoms with E-state index in [9.17, 15) is 13.6 Å². The number of nitrogens with zero attached hydrogens (tertiary/aromatic N) is 1. The van der Waals surface area contributed by atoms with Crippen molar-refractivity contribution in [2.75, 3.05) is 12.9 Å². The molecule has 0 aliphatic carbocycles. The van der Waals surface area contributed by atoms with Gasteiger partial charge in [0.15, 0.2) is 5.69 Å². The van der Waals surface area contributed by atoms with Gasteiger partial charge < -0.3 is 9.15 Å². The molecule has 1 aromatic heterocycles. The van der Waals surface area contributed by atoms with E-state index in [1.54, 1.807) is 30.8 Å². The van der Waals surface area contributed by atoms with Crippen LogP contribution in [0.1, 0.15) is 29.6 Å². The molecular formula is C14H13F2NO3S. The predicted molar refractivity (Wildman–Crippen MR) is 74.6 cm³/mol. The fourth-order valence-electron chi connectivity index (χ4n) is 1.68. The average Bonchev–Trinajstić information content (AvgIpc) is 2.93. The third-order valence-corrected chi connectivity index (χ3v) is 3.40. The van der Waals surface area contributed by atoms with Crippen molar-refractivity contribution in [1.82, 2.24) is 4.98 Å². The summed E-state index contributed by atoms with van der Waals surface area (Å²) in [5.74, 6) is -1.51. The maximum absolute atomic E-state index is 12.9. The summed E-state index contributed by atoms with van der Waals surface area (Å²) in [6, 6.07) is 7.02. The van der Waals surface area contributed by atoms with Gasteiger partial charge in [-0.3, -0.25) is 0 Å². The molecule has 0 bridgehead atoms. The van der Waals surface area contributed by atoms with Crippen LogP contribution in [0.2, 0.25) is 0 Å². The number of aromatic nitrogens is 1. The van der Waals surface area contributed by atoms with Crippen LogP contribution >= 0.6 is 11.8 Å². The number of thioether (sulfide) groups is 1. The lowest BCUT2D eigenvalue weighted by Gasteiger charge is -1.99. The molecule has 0 saturated heterocycles. The number of hydrogen-bond donors (Lipinski definition) is 0. The number of oxazole rings is 1. The van der Waals surface area contributed by atoms with Gasteiger partial charge in [0.2, 0.25) is 11.7 Å². The van der Waals surface area contributed by atoms with E-state index in [-0.39, 0.29) is 12.5 Å². The maximum Gasteiger partial charge on any atom is 0.376 e. The highest BCUT2D eigenvalue weighted by atomic mass is 32.2. The van der Waals surface area contributed by atoms with E-state index in [0.29, 0.717) is 5.56 Å². The van der Waals surface area contributed by atoms with Gasteiger partial charge in [-0.25, -0.2) is 18.6 Å². The van der Waals surface area contributed by atoms with Gasteiger partial charge in [0.25, 0.3) is 6.43 Å². The third kappa shape index (κ3) is 3.41. The number of carbonyl (C=O) groups is 1. The van der Waals surface area contributed by atoms with Crippen LogP contribution in [0.5, 0.6) is 0 Å². The summed E-state index contributed by atoms with van der Waals surface area (Å²) in [5, 5.41) is 0. The van der Waals surface area contributed by atoms with Crippen molar-refractivity contribution < 1.29 is 22.7 Å². The number of halogens is 2. The van der Waals surface area contributed by atoms with Crippen LogP contribution < -0.4 is 0 Å². The van der Waals surface area contributed by atoms with Crippen molar-refractivity contribution in [3.8, 4) is 11.5 Å². The standard InChI is InChI=1S/C14H13F2NO3S/c1-3-19-14(18)11-10(12(15)16)17-13(20-11)8-4-6-9(21-2)7-5-8/h4-7,12H,3H2,1-2H3. The number of hydrogen-bond acceptors (Lipinski definition) is 5. The Morgan fingerprint density at radius 2 is 2.05 bits per heavy atom. The molecule has 1 aromatic carbocycles. The van der Waals surface area contributed by atoms with Crippen molar-refractivity contribution in [2.45, 2.75) is 18.2 Å². The first-order valence-corrected chi connectivity index (χ1v) is 7.39. The number of alkyl halides is 2. The molecular weight excluding hydrogens is 300 g/mol. The van der Waals surface area contributed by atoms with Crippen molar-refractivity contribution >= 4 is 17.7 Å². The van der Waals surface area contributed by atoms with Crippen LogP contribution in [-0.2, 0) is 4.74 Å². The minimum absolute atomic E-state index is 0.0268. The molecule has 112 valence electrons. The third-order valence-electron chi connectivity index (χ3n) is 2.66. The number of carbonyl (C=O) groups excluding carboxylic acids is 1. The Morgan fingerprint density at radius 1 is 1.38 bits per heavy atom. The Labute approximate surface area is 124 Å². The van der Waals surface area contributed by atoms with Crippen LogP contribution in [0.3, 0.4) is 0 Å². The second kappa shape index (κ2) is 6.71. The lowest BCUT2D eigenvalue weighted by atomic mass is 10.2. The number of ether oxygens (including phenoxy) is 1. The summed E-state index contributed by atoms with van der Waals surface area (Å²) in [6.07, 6.45) is -0.985. The molecule has 0 radical (unpaired) electrons. The highest BCUT2D eigenvalue weighted by molar-refractivity contribution is 7.98. The summed E-state index contributed by atoms with van der Waals surface area (Å²) in [7, 11) is 0. The van der Waals surface area contributed by atoms with Crippen LogP contribution in [0, 0.1) is 0 Å². The van der Waals surface area contributed by atoms with Gasteiger partial charge in [-0.05, 0) is 37.4 Å². The Kier molecular flexibility index (Phi) is 4.95. The van der Waals surface area contributed by atoms with E-state index >= 15 is 0 Å². The van der Waals surface area contributed by atoms with Crippen LogP contribution in [0.15, 0.2) is 33.6 Å². The monoisotopic (exact) mass is 313 g/mol. The summed E-state index contributed by atoms with van der Waals surface area (Å²) in [5.41, 5.74) is -0.178. The van der Waals surface area contributed by atoms with Crippen molar-refractivity contribution in [3.05, 3.63) is 35.7 Å². The second-order valence-corrected chi connectivity index (χ2v) is 4.86. The molecule has 0 atom stereocenters. The topological polar surface area (TPSA) is 52.3 Å². The van der Waals surface area contributed by atoms with Crippen LogP contribution in [0.4, 0.5) is 8.78 Å². The molecule has 4 nitrogen and oxygen atoms in total. The van der Waals surface area contributed by atoms with Crippen LogP contribution in [-0.4, -0.2) is 23.8 Å². The van der Waals surface area contributed by atoms with Crippen molar-refractivity contribution in [3.63, 3.8) is 0 Å². The number of rotatable bonds is 5. The Hall–Kier alpha value is -1.89. The minimum atomic E-state index is -2.91. The first kappa shape index (κ1) is 15.5. The first-order valence-electron chi connectivity index (χ1n) is 6.17. The zero-order valence-corrected chi connectivity index (χ0v) is 12.2. The van der Waals surface area contributed by atoms with E-state index < -0.39 is 23.8 Å². The molecule has 0 amide bonds. The number of benzene rings is 1. The molecule has 7 heteroatoms. The zero-order chi connectivity index (χ0) is 15.4. The summed E-state index contributed by atoms with van der Waals surface area (Å²) in [6.45, 7) is 1.65. The van der Waals surface area contributed by atoms with Gasteiger partial charge in [0.05, 0.1) is 6.61 Å². The van der Waals surface area contributed by atoms with E-state index in [0.717, 1.165) is 4.90 Å². The Balaban J connectivity index is 2.40. The van der Waals surface area contributed by atoms with Gasteiger partial charge >= 0.3 is 5.97 Å². The zero-order valence-electron chi connectivity index (χ0n) is 11.4. The van der Waals surface area contributed by atoms with Gasteiger partial charge in [-0.15, -0.1) is 11.8 Å². The molecule has 21 heavy (non-hydrogen) atoms. The molecule has 0 saturated carbocycles. The second-order valence-electron chi connectivity index (χ2n) is 3.98. The highest BCUT2D eigenvalue weighted by Crippen LogP contribution is 2.29. The Morgan fingerprint density at radius 3 is 2.57 bits per heavy atom. The van der Waals surface area contributed by atoms with Gasteiger partial charge in [0.1, 0.15) is 0 Å². The fraction of sp³-hybridized carbons (Fsp3) is 0.286. The fourth-order valence-corrected chi connectivity index (χ4v) is 2.09. The van der Waals surface area contributed by atoms with E-state index in [1.807, 2.05) is 18.4 Å². The first-order chi connectivity index (χ1) is 10.1. The van der Waals surface area contributed by atoms with Gasteiger partial charge in [0, 0.05) is 10.5 Å². The molecule has 2 rings (SSSR count). The molecule has 2 aromatic rings.